The third kappa shape index (κ3) is 5.13. The second kappa shape index (κ2) is 8.02. The highest BCUT2D eigenvalue weighted by Crippen LogP contribution is 2.24. The molecule has 24 heavy (non-hydrogen) atoms. The fourth-order valence-electron chi connectivity index (χ4n) is 2.23. The molecule has 0 aliphatic carbocycles. The molecule has 0 aliphatic rings. The van der Waals surface area contributed by atoms with E-state index in [1.807, 2.05) is 30.3 Å². The number of methoxy groups -OCH3 is 1. The summed E-state index contributed by atoms with van der Waals surface area (Å²) in [5.74, 6) is 1.15. The Bertz CT molecular complexity index is 626. The molecule has 5 nitrogen and oxygen atoms in total. The highest BCUT2D eigenvalue weighted by molar-refractivity contribution is 5.77. The highest BCUT2D eigenvalue weighted by Gasteiger charge is 2.15. The van der Waals surface area contributed by atoms with Gasteiger partial charge in [0, 0.05) is 7.11 Å². The molecule has 0 fully saturated rings. The van der Waals surface area contributed by atoms with Crippen LogP contribution in [0.25, 0.3) is 0 Å². The number of ether oxygens (including phenoxy) is 2. The number of furan rings is 1. The van der Waals surface area contributed by atoms with Crippen LogP contribution in [0.4, 0.5) is 0 Å². The number of hydrogen-bond acceptors (Lipinski definition) is 4. The average molecular weight is 331 g/mol. The molecule has 0 aliphatic heterocycles. The predicted octanol–water partition coefficient (Wildman–Crippen LogP) is 3.46. The van der Waals surface area contributed by atoms with Gasteiger partial charge in [0.2, 0.25) is 0 Å². The first-order valence-electron chi connectivity index (χ1n) is 7.96. The van der Waals surface area contributed by atoms with Crippen molar-refractivity contribution in [1.82, 2.24) is 5.32 Å². The number of carbonyl (C=O) groups is 1. The Morgan fingerprint density at radius 3 is 2.46 bits per heavy atom. The molecule has 0 radical (unpaired) electrons. The zero-order chi connectivity index (χ0) is 17.6. The number of amides is 1. The van der Waals surface area contributed by atoms with E-state index in [1.165, 1.54) is 5.56 Å². The van der Waals surface area contributed by atoms with E-state index in [4.69, 9.17) is 13.9 Å². The number of hydrogen-bond donors (Lipinski definition) is 1. The first-order chi connectivity index (χ1) is 11.4. The van der Waals surface area contributed by atoms with E-state index in [0.29, 0.717) is 18.1 Å². The maximum absolute atomic E-state index is 11.9. The van der Waals surface area contributed by atoms with Gasteiger partial charge in [-0.15, -0.1) is 0 Å². The molecule has 2 aromatic rings. The molecule has 0 saturated heterocycles. The van der Waals surface area contributed by atoms with Gasteiger partial charge in [0.25, 0.3) is 5.91 Å². The van der Waals surface area contributed by atoms with Crippen LogP contribution >= 0.6 is 0 Å². The largest absolute Gasteiger partial charge is 0.484 e. The van der Waals surface area contributed by atoms with Gasteiger partial charge in [0.05, 0.1) is 12.8 Å². The summed E-state index contributed by atoms with van der Waals surface area (Å²) in [6.45, 7) is 6.75. The molecule has 0 spiro atoms. The minimum Gasteiger partial charge on any atom is -0.484 e. The van der Waals surface area contributed by atoms with Crippen LogP contribution in [-0.2, 0) is 14.9 Å². The Hall–Kier alpha value is -2.27. The second-order valence-corrected chi connectivity index (χ2v) is 6.61. The summed E-state index contributed by atoms with van der Waals surface area (Å²) in [5, 5.41) is 2.78. The lowest BCUT2D eigenvalue weighted by Gasteiger charge is -2.19. The van der Waals surface area contributed by atoms with Gasteiger partial charge in [0.1, 0.15) is 17.6 Å². The van der Waals surface area contributed by atoms with Crippen LogP contribution in [0.5, 0.6) is 5.75 Å². The predicted molar refractivity (Wildman–Crippen MR) is 92.1 cm³/mol. The first-order valence-corrected chi connectivity index (χ1v) is 7.96. The normalized spacial score (nSPS) is 12.7. The highest BCUT2D eigenvalue weighted by atomic mass is 16.5. The van der Waals surface area contributed by atoms with Crippen molar-refractivity contribution in [1.29, 1.82) is 0 Å². The Balaban J connectivity index is 1.78. The fourth-order valence-corrected chi connectivity index (χ4v) is 2.23. The topological polar surface area (TPSA) is 60.7 Å². The van der Waals surface area contributed by atoms with Crippen LogP contribution in [0.1, 0.15) is 38.2 Å². The van der Waals surface area contributed by atoms with Crippen LogP contribution in [0.3, 0.4) is 0 Å². The van der Waals surface area contributed by atoms with Gasteiger partial charge >= 0.3 is 0 Å². The van der Waals surface area contributed by atoms with E-state index in [9.17, 15) is 4.79 Å². The molecular formula is C19H25NO4. The monoisotopic (exact) mass is 331 g/mol. The molecule has 5 heteroatoms. The Morgan fingerprint density at radius 2 is 1.92 bits per heavy atom. The first kappa shape index (κ1) is 18.1. The molecule has 130 valence electrons. The van der Waals surface area contributed by atoms with Crippen molar-refractivity contribution < 1.29 is 18.7 Å². The maximum Gasteiger partial charge on any atom is 0.258 e. The third-order valence-corrected chi connectivity index (χ3v) is 3.72. The summed E-state index contributed by atoms with van der Waals surface area (Å²) in [4.78, 5) is 11.9. The van der Waals surface area contributed by atoms with E-state index in [0.717, 1.165) is 0 Å². The van der Waals surface area contributed by atoms with Crippen molar-refractivity contribution in [3.63, 3.8) is 0 Å². The molecule has 1 atom stereocenters. The molecule has 1 amide bonds. The summed E-state index contributed by atoms with van der Waals surface area (Å²) < 4.78 is 16.1. The van der Waals surface area contributed by atoms with Gasteiger partial charge in [-0.2, -0.15) is 0 Å². The second-order valence-electron chi connectivity index (χ2n) is 6.61. The van der Waals surface area contributed by atoms with E-state index >= 15 is 0 Å². The fraction of sp³-hybridized carbons (Fsp3) is 0.421. The van der Waals surface area contributed by atoms with E-state index in [-0.39, 0.29) is 24.0 Å². The number of nitrogens with one attached hydrogen (secondary N) is 1. The van der Waals surface area contributed by atoms with Crippen molar-refractivity contribution in [2.24, 2.45) is 0 Å². The van der Waals surface area contributed by atoms with Crippen LogP contribution in [0, 0.1) is 0 Å². The summed E-state index contributed by atoms with van der Waals surface area (Å²) in [6, 6.07) is 11.4. The molecule has 2 rings (SSSR count). The summed E-state index contributed by atoms with van der Waals surface area (Å²) in [5.41, 5.74) is 1.32. The molecule has 1 aromatic heterocycles. The van der Waals surface area contributed by atoms with Crippen molar-refractivity contribution in [3.8, 4) is 5.75 Å². The smallest absolute Gasteiger partial charge is 0.258 e. The molecular weight excluding hydrogens is 306 g/mol. The quantitative estimate of drug-likeness (QED) is 0.844. The minimum absolute atomic E-state index is 0.0382. The average Bonchev–Trinajstić information content (AvgIpc) is 3.07. The maximum atomic E-state index is 11.9. The SMILES string of the molecule is COC(CNC(=O)COc1ccc(C(C)(C)C)cc1)c1ccco1. The van der Waals surface area contributed by atoms with Gasteiger partial charge in [-0.1, -0.05) is 32.9 Å². The Kier molecular flexibility index (Phi) is 6.04. The zero-order valence-electron chi connectivity index (χ0n) is 14.7. The molecule has 1 unspecified atom stereocenters. The van der Waals surface area contributed by atoms with E-state index < -0.39 is 0 Å². The van der Waals surface area contributed by atoms with Crippen molar-refractivity contribution in [2.75, 3.05) is 20.3 Å². The van der Waals surface area contributed by atoms with Gasteiger partial charge in [0.15, 0.2) is 6.61 Å². The molecule has 0 bridgehead atoms. The summed E-state index contributed by atoms with van der Waals surface area (Å²) in [7, 11) is 1.58. The lowest BCUT2D eigenvalue weighted by molar-refractivity contribution is -0.123. The Labute approximate surface area is 143 Å². The lowest BCUT2D eigenvalue weighted by Crippen LogP contribution is -2.32. The van der Waals surface area contributed by atoms with Crippen molar-refractivity contribution in [2.45, 2.75) is 32.3 Å². The van der Waals surface area contributed by atoms with Gasteiger partial charge in [-0.25, -0.2) is 0 Å². The van der Waals surface area contributed by atoms with Gasteiger partial charge in [-0.05, 0) is 35.2 Å². The Morgan fingerprint density at radius 1 is 1.21 bits per heavy atom. The van der Waals surface area contributed by atoms with Crippen LogP contribution in [0.2, 0.25) is 0 Å². The van der Waals surface area contributed by atoms with Crippen molar-refractivity contribution in [3.05, 3.63) is 54.0 Å². The van der Waals surface area contributed by atoms with E-state index in [1.54, 1.807) is 19.4 Å². The standard InChI is InChI=1S/C19H25NO4/c1-19(2,3)14-7-9-15(10-8-14)24-13-18(21)20-12-17(22-4)16-6-5-11-23-16/h5-11,17H,12-13H2,1-4H3,(H,20,21). The zero-order valence-corrected chi connectivity index (χ0v) is 14.7. The number of carbonyl (C=O) groups excluding carboxylic acids is 1. The summed E-state index contributed by atoms with van der Waals surface area (Å²) in [6.07, 6.45) is 1.27. The van der Waals surface area contributed by atoms with Gasteiger partial charge < -0.3 is 19.2 Å². The molecule has 1 heterocycles. The number of benzene rings is 1. The van der Waals surface area contributed by atoms with Crippen molar-refractivity contribution >= 4 is 5.91 Å². The van der Waals surface area contributed by atoms with Crippen LogP contribution < -0.4 is 10.1 Å². The van der Waals surface area contributed by atoms with E-state index in [2.05, 4.69) is 26.1 Å². The lowest BCUT2D eigenvalue weighted by atomic mass is 9.87. The number of rotatable bonds is 7. The molecule has 1 aromatic carbocycles. The van der Waals surface area contributed by atoms with Gasteiger partial charge in [-0.3, -0.25) is 4.79 Å². The molecule has 0 saturated carbocycles. The van der Waals surface area contributed by atoms with Crippen LogP contribution in [-0.4, -0.2) is 26.2 Å². The summed E-state index contributed by atoms with van der Waals surface area (Å²) >= 11 is 0. The molecule has 1 N–H and O–H groups in total. The minimum atomic E-state index is -0.310. The third-order valence-electron chi connectivity index (χ3n) is 3.72. The van der Waals surface area contributed by atoms with Crippen LogP contribution in [0.15, 0.2) is 47.1 Å².